The summed E-state index contributed by atoms with van der Waals surface area (Å²) in [7, 11) is -1.99. The Labute approximate surface area is 143 Å². The summed E-state index contributed by atoms with van der Waals surface area (Å²) in [6.07, 6.45) is 3.29. The van der Waals surface area contributed by atoms with Gasteiger partial charge in [-0.1, -0.05) is 12.1 Å². The highest BCUT2D eigenvalue weighted by atomic mass is 32.2. The Morgan fingerprint density at radius 2 is 2.08 bits per heavy atom. The van der Waals surface area contributed by atoms with Crippen molar-refractivity contribution in [2.75, 3.05) is 0 Å². The van der Waals surface area contributed by atoms with E-state index in [0.717, 1.165) is 4.88 Å². The molecule has 0 aliphatic rings. The van der Waals surface area contributed by atoms with Crippen molar-refractivity contribution >= 4 is 21.4 Å². The molecule has 0 fully saturated rings. The number of nitrogens with one attached hydrogen (secondary N) is 1. The number of hydrogen-bond donors (Lipinski definition) is 1. The van der Waals surface area contributed by atoms with Gasteiger partial charge >= 0.3 is 0 Å². The highest BCUT2D eigenvalue weighted by Gasteiger charge is 2.26. The maximum Gasteiger partial charge on any atom is 0.251 e. The standard InChI is InChI=1S/C16H16FN3O2S2/c1-11-6-7-14(23-11)24(21,22)19-15(16-18-8-9-20(16)2)12-4-3-5-13(17)10-12/h3-10,15,19H,1-2H3/t15-/m1/s1. The molecule has 2 heterocycles. The molecule has 0 spiro atoms. The van der Waals surface area contributed by atoms with Gasteiger partial charge in [-0.2, -0.15) is 4.72 Å². The number of aromatic nitrogens is 2. The number of benzene rings is 1. The van der Waals surface area contributed by atoms with Gasteiger partial charge in [0.2, 0.25) is 0 Å². The molecule has 0 unspecified atom stereocenters. The predicted octanol–water partition coefficient (Wildman–Crippen LogP) is 3.00. The van der Waals surface area contributed by atoms with Gasteiger partial charge in [0.25, 0.3) is 10.0 Å². The minimum atomic E-state index is -3.75. The van der Waals surface area contributed by atoms with Gasteiger partial charge in [-0.05, 0) is 36.8 Å². The first-order valence-corrected chi connectivity index (χ1v) is 9.48. The third-order valence-corrected chi connectivity index (χ3v) is 6.47. The third-order valence-electron chi connectivity index (χ3n) is 3.55. The lowest BCUT2D eigenvalue weighted by Crippen LogP contribution is -2.30. The van der Waals surface area contributed by atoms with Crippen LogP contribution in [0.15, 0.2) is 53.0 Å². The predicted molar refractivity (Wildman–Crippen MR) is 90.8 cm³/mol. The summed E-state index contributed by atoms with van der Waals surface area (Å²) in [4.78, 5) is 5.12. The van der Waals surface area contributed by atoms with Crippen LogP contribution >= 0.6 is 11.3 Å². The summed E-state index contributed by atoms with van der Waals surface area (Å²) in [6, 6.07) is 8.36. The monoisotopic (exact) mass is 365 g/mol. The van der Waals surface area contributed by atoms with Gasteiger partial charge in [0.15, 0.2) is 0 Å². The van der Waals surface area contributed by atoms with Crippen LogP contribution in [-0.2, 0) is 17.1 Å². The Balaban J connectivity index is 2.04. The summed E-state index contributed by atoms with van der Waals surface area (Å²) < 4.78 is 43.6. The molecular weight excluding hydrogens is 349 g/mol. The maximum atomic E-state index is 13.6. The van der Waals surface area contributed by atoms with Gasteiger partial charge in [0.1, 0.15) is 21.9 Å². The Bertz CT molecular complexity index is 963. The average molecular weight is 365 g/mol. The first kappa shape index (κ1) is 16.8. The normalized spacial score (nSPS) is 13.1. The molecule has 0 radical (unpaired) electrons. The van der Waals surface area contributed by atoms with E-state index in [0.29, 0.717) is 11.4 Å². The molecule has 0 amide bonds. The summed E-state index contributed by atoms with van der Waals surface area (Å²) in [6.45, 7) is 1.84. The molecule has 2 aromatic heterocycles. The molecule has 8 heteroatoms. The van der Waals surface area contributed by atoms with E-state index in [9.17, 15) is 12.8 Å². The fourth-order valence-corrected chi connectivity index (χ4v) is 4.86. The number of nitrogens with zero attached hydrogens (tertiary/aromatic N) is 2. The summed E-state index contributed by atoms with van der Waals surface area (Å²) in [5.41, 5.74) is 0.487. The van der Waals surface area contributed by atoms with Crippen LogP contribution in [-0.4, -0.2) is 18.0 Å². The first-order valence-electron chi connectivity index (χ1n) is 7.18. The second kappa shape index (κ2) is 6.46. The summed E-state index contributed by atoms with van der Waals surface area (Å²) in [5, 5.41) is 0. The number of imidazole rings is 1. The lowest BCUT2D eigenvalue weighted by Gasteiger charge is -2.18. The molecule has 1 aromatic carbocycles. The number of halogens is 1. The van der Waals surface area contributed by atoms with E-state index in [-0.39, 0.29) is 4.21 Å². The van der Waals surface area contributed by atoms with Crippen LogP contribution in [0.5, 0.6) is 0 Å². The van der Waals surface area contributed by atoms with Crippen LogP contribution in [0.3, 0.4) is 0 Å². The van der Waals surface area contributed by atoms with Crippen LogP contribution in [0, 0.1) is 12.7 Å². The van der Waals surface area contributed by atoms with E-state index in [2.05, 4.69) is 9.71 Å². The summed E-state index contributed by atoms with van der Waals surface area (Å²) in [5.74, 6) is 0.0512. The van der Waals surface area contributed by atoms with Gasteiger partial charge in [-0.15, -0.1) is 11.3 Å². The van der Waals surface area contributed by atoms with Crippen LogP contribution in [0.2, 0.25) is 0 Å². The minimum absolute atomic E-state index is 0.218. The van der Waals surface area contributed by atoms with Crippen molar-refractivity contribution in [3.63, 3.8) is 0 Å². The van der Waals surface area contributed by atoms with Crippen molar-refractivity contribution in [1.82, 2.24) is 14.3 Å². The van der Waals surface area contributed by atoms with Gasteiger partial charge < -0.3 is 4.57 Å². The van der Waals surface area contributed by atoms with E-state index in [1.807, 2.05) is 6.92 Å². The zero-order valence-corrected chi connectivity index (χ0v) is 14.7. The van der Waals surface area contributed by atoms with Gasteiger partial charge in [0.05, 0.1) is 0 Å². The highest BCUT2D eigenvalue weighted by Crippen LogP contribution is 2.26. The highest BCUT2D eigenvalue weighted by molar-refractivity contribution is 7.91. The van der Waals surface area contributed by atoms with Crippen molar-refractivity contribution in [3.05, 3.63) is 70.9 Å². The van der Waals surface area contributed by atoms with Crippen molar-refractivity contribution < 1.29 is 12.8 Å². The summed E-state index contributed by atoms with van der Waals surface area (Å²) >= 11 is 1.18. The molecule has 126 valence electrons. The molecule has 24 heavy (non-hydrogen) atoms. The largest absolute Gasteiger partial charge is 0.336 e. The number of sulfonamides is 1. The second-order valence-electron chi connectivity index (χ2n) is 5.37. The fourth-order valence-electron chi connectivity index (χ4n) is 2.38. The lowest BCUT2D eigenvalue weighted by molar-refractivity contribution is 0.562. The fraction of sp³-hybridized carbons (Fsp3) is 0.188. The van der Waals surface area contributed by atoms with Crippen LogP contribution < -0.4 is 4.72 Å². The quantitative estimate of drug-likeness (QED) is 0.756. The van der Waals surface area contributed by atoms with E-state index < -0.39 is 21.9 Å². The maximum absolute atomic E-state index is 13.6. The third kappa shape index (κ3) is 3.40. The lowest BCUT2D eigenvalue weighted by atomic mass is 10.1. The topological polar surface area (TPSA) is 64.0 Å². The molecule has 3 rings (SSSR count). The molecule has 0 bridgehead atoms. The van der Waals surface area contributed by atoms with E-state index in [1.165, 1.54) is 23.5 Å². The number of hydrogen-bond acceptors (Lipinski definition) is 4. The Morgan fingerprint density at radius 3 is 2.67 bits per heavy atom. The smallest absolute Gasteiger partial charge is 0.251 e. The van der Waals surface area contributed by atoms with Crippen molar-refractivity contribution in [1.29, 1.82) is 0 Å². The Hall–Kier alpha value is -2.03. The first-order chi connectivity index (χ1) is 11.4. The molecule has 1 atom stereocenters. The second-order valence-corrected chi connectivity index (χ2v) is 8.60. The van der Waals surface area contributed by atoms with Crippen LogP contribution in [0.4, 0.5) is 4.39 Å². The molecule has 1 N–H and O–H groups in total. The average Bonchev–Trinajstić information content (AvgIpc) is 3.14. The van der Waals surface area contributed by atoms with Crippen molar-refractivity contribution in [3.8, 4) is 0 Å². The van der Waals surface area contributed by atoms with Gasteiger partial charge in [0, 0.05) is 24.3 Å². The van der Waals surface area contributed by atoms with Gasteiger partial charge in [-0.3, -0.25) is 0 Å². The van der Waals surface area contributed by atoms with Crippen molar-refractivity contribution in [2.45, 2.75) is 17.2 Å². The number of thiophene rings is 1. The molecule has 0 aliphatic heterocycles. The van der Waals surface area contributed by atoms with Crippen LogP contribution in [0.25, 0.3) is 0 Å². The van der Waals surface area contributed by atoms with E-state index in [1.54, 1.807) is 48.3 Å². The van der Waals surface area contributed by atoms with E-state index >= 15 is 0 Å². The minimum Gasteiger partial charge on any atom is -0.336 e. The number of aryl methyl sites for hydroxylation is 2. The van der Waals surface area contributed by atoms with Crippen molar-refractivity contribution in [2.24, 2.45) is 7.05 Å². The SMILES string of the molecule is Cc1ccc(S(=O)(=O)N[C@H](c2cccc(F)c2)c2nccn2C)s1. The zero-order valence-electron chi connectivity index (χ0n) is 13.1. The zero-order chi connectivity index (χ0) is 17.3. The Kier molecular flexibility index (Phi) is 4.53. The molecule has 5 nitrogen and oxygen atoms in total. The molecule has 0 saturated heterocycles. The molecule has 0 saturated carbocycles. The van der Waals surface area contributed by atoms with Crippen LogP contribution in [0.1, 0.15) is 22.3 Å². The molecule has 0 aliphatic carbocycles. The van der Waals surface area contributed by atoms with Gasteiger partial charge in [-0.25, -0.2) is 17.8 Å². The number of rotatable bonds is 5. The Morgan fingerprint density at radius 1 is 1.29 bits per heavy atom. The molecule has 3 aromatic rings. The molecular formula is C16H16FN3O2S2. The van der Waals surface area contributed by atoms with E-state index in [4.69, 9.17) is 0 Å².